The molecule has 0 aliphatic heterocycles. The summed E-state index contributed by atoms with van der Waals surface area (Å²) >= 11 is 0. The maximum atomic E-state index is 13.6. The van der Waals surface area contributed by atoms with Crippen LogP contribution in [-0.2, 0) is 10.0 Å². The number of hydrogen-bond acceptors (Lipinski definition) is 4. The molecule has 0 bridgehead atoms. The Kier molecular flexibility index (Phi) is 5.79. The van der Waals surface area contributed by atoms with E-state index in [1.807, 2.05) is 13.8 Å². The van der Waals surface area contributed by atoms with Crippen LogP contribution in [-0.4, -0.2) is 19.9 Å². The van der Waals surface area contributed by atoms with E-state index >= 15 is 0 Å². The smallest absolute Gasteiger partial charge is 0.258 e. The molecule has 0 fully saturated rings. The fourth-order valence-electron chi connectivity index (χ4n) is 1.89. The number of sulfonamides is 1. The monoisotopic (exact) mass is 318 g/mol. The number of benzene rings is 1. The van der Waals surface area contributed by atoms with Crippen molar-refractivity contribution in [3.05, 3.63) is 33.6 Å². The third-order valence-electron chi connectivity index (χ3n) is 3.43. The summed E-state index contributed by atoms with van der Waals surface area (Å²) in [5.41, 5.74) is -0.912. The molecule has 0 saturated carbocycles. The third-order valence-corrected chi connectivity index (χ3v) is 4.84. The molecule has 0 aliphatic rings. The number of aryl methyl sites for hydroxylation is 1. The van der Waals surface area contributed by atoms with Crippen LogP contribution in [0.25, 0.3) is 0 Å². The van der Waals surface area contributed by atoms with E-state index in [4.69, 9.17) is 0 Å². The maximum absolute atomic E-state index is 13.6. The van der Waals surface area contributed by atoms with Crippen LogP contribution < -0.4 is 4.72 Å². The molecule has 0 spiro atoms. The predicted octanol–water partition coefficient (Wildman–Crippen LogP) is 2.76. The molecule has 0 heterocycles. The van der Waals surface area contributed by atoms with Gasteiger partial charge < -0.3 is 0 Å². The summed E-state index contributed by atoms with van der Waals surface area (Å²) in [4.78, 5) is 9.54. The molecule has 1 aromatic carbocycles. The second-order valence-corrected chi connectivity index (χ2v) is 6.63. The average Bonchev–Trinajstić information content (AvgIpc) is 2.42. The Balaban J connectivity index is 3.12. The van der Waals surface area contributed by atoms with Gasteiger partial charge in [-0.15, -0.1) is 0 Å². The number of hydrogen-bond donors (Lipinski definition) is 1. The third kappa shape index (κ3) is 4.21. The molecule has 0 radical (unpaired) electrons. The van der Waals surface area contributed by atoms with Gasteiger partial charge in [0.15, 0.2) is 0 Å². The van der Waals surface area contributed by atoms with Crippen molar-refractivity contribution in [1.29, 1.82) is 0 Å². The van der Waals surface area contributed by atoms with Crippen molar-refractivity contribution in [2.75, 3.05) is 6.54 Å². The summed E-state index contributed by atoms with van der Waals surface area (Å²) < 4.78 is 40.3. The molecule has 118 valence electrons. The Bertz CT molecular complexity index is 627. The lowest BCUT2D eigenvalue weighted by molar-refractivity contribution is -0.387. The van der Waals surface area contributed by atoms with Crippen LogP contribution >= 0.6 is 0 Å². The van der Waals surface area contributed by atoms with Gasteiger partial charge in [-0.25, -0.2) is 13.1 Å². The highest BCUT2D eigenvalue weighted by atomic mass is 32.2. The molecule has 0 atom stereocenters. The average molecular weight is 318 g/mol. The second kappa shape index (κ2) is 6.95. The zero-order valence-corrected chi connectivity index (χ0v) is 13.0. The largest absolute Gasteiger partial charge is 0.306 e. The number of rotatable bonds is 7. The Labute approximate surface area is 123 Å². The molecule has 0 saturated heterocycles. The molecular formula is C13H19FN2O4S. The molecule has 6 nitrogen and oxygen atoms in total. The zero-order chi connectivity index (χ0) is 16.2. The van der Waals surface area contributed by atoms with E-state index < -0.39 is 26.5 Å². The van der Waals surface area contributed by atoms with E-state index in [2.05, 4.69) is 4.72 Å². The van der Waals surface area contributed by atoms with Crippen LogP contribution in [0, 0.1) is 28.8 Å². The van der Waals surface area contributed by atoms with Gasteiger partial charge in [-0.05, 0) is 24.5 Å². The van der Waals surface area contributed by atoms with E-state index in [0.717, 1.165) is 25.0 Å². The van der Waals surface area contributed by atoms with Crippen molar-refractivity contribution in [1.82, 2.24) is 4.72 Å². The summed E-state index contributed by atoms with van der Waals surface area (Å²) in [7, 11) is -3.89. The molecular weight excluding hydrogens is 299 g/mol. The summed E-state index contributed by atoms with van der Waals surface area (Å²) in [6.07, 6.45) is 1.64. The lowest BCUT2D eigenvalue weighted by atomic mass is 10.0. The molecule has 21 heavy (non-hydrogen) atoms. The SMILES string of the molecule is CCC(CC)CNS(=O)(=O)c1cc(C)c(F)c([N+](=O)[O-])c1. The van der Waals surface area contributed by atoms with Gasteiger partial charge in [0.25, 0.3) is 0 Å². The fourth-order valence-corrected chi connectivity index (χ4v) is 3.12. The highest BCUT2D eigenvalue weighted by Crippen LogP contribution is 2.25. The first-order valence-corrected chi connectivity index (χ1v) is 8.15. The Morgan fingerprint density at radius 3 is 2.38 bits per heavy atom. The van der Waals surface area contributed by atoms with E-state index in [1.54, 1.807) is 0 Å². The molecule has 1 N–H and O–H groups in total. The minimum Gasteiger partial charge on any atom is -0.258 e. The van der Waals surface area contributed by atoms with Crippen molar-refractivity contribution in [3.8, 4) is 0 Å². The van der Waals surface area contributed by atoms with Gasteiger partial charge in [-0.3, -0.25) is 10.1 Å². The lowest BCUT2D eigenvalue weighted by Crippen LogP contribution is -2.29. The number of halogens is 1. The Hall–Kier alpha value is -1.54. The first-order valence-electron chi connectivity index (χ1n) is 6.67. The summed E-state index contributed by atoms with van der Waals surface area (Å²) in [6.45, 7) is 5.45. The van der Waals surface area contributed by atoms with Crippen molar-refractivity contribution in [2.45, 2.75) is 38.5 Å². The van der Waals surface area contributed by atoms with Gasteiger partial charge in [0, 0.05) is 12.6 Å². The maximum Gasteiger partial charge on any atom is 0.306 e. The summed E-state index contributed by atoms with van der Waals surface area (Å²) in [5.74, 6) is -0.824. The standard InChI is InChI=1S/C13H19FN2O4S/c1-4-10(5-2)8-15-21(19,20)11-6-9(3)13(14)12(7-11)16(17)18/h6-7,10,15H,4-5,8H2,1-3H3. The van der Waals surface area contributed by atoms with Crippen LogP contribution in [0.15, 0.2) is 17.0 Å². The van der Waals surface area contributed by atoms with Crippen molar-refractivity contribution < 1.29 is 17.7 Å². The van der Waals surface area contributed by atoms with E-state index in [1.165, 1.54) is 6.92 Å². The lowest BCUT2D eigenvalue weighted by Gasteiger charge is -2.14. The molecule has 8 heteroatoms. The summed E-state index contributed by atoms with van der Waals surface area (Å²) in [5, 5.41) is 10.8. The first-order chi connectivity index (χ1) is 9.72. The van der Waals surface area contributed by atoms with Crippen molar-refractivity contribution in [2.24, 2.45) is 5.92 Å². The first kappa shape index (κ1) is 17.5. The number of nitrogens with zero attached hydrogens (tertiary/aromatic N) is 1. The van der Waals surface area contributed by atoms with Crippen LogP contribution in [0.4, 0.5) is 10.1 Å². The van der Waals surface area contributed by atoms with Gasteiger partial charge in [0.1, 0.15) is 0 Å². The van der Waals surface area contributed by atoms with E-state index in [0.29, 0.717) is 0 Å². The van der Waals surface area contributed by atoms with Crippen molar-refractivity contribution >= 4 is 15.7 Å². The van der Waals surface area contributed by atoms with Crippen molar-refractivity contribution in [3.63, 3.8) is 0 Å². The van der Waals surface area contributed by atoms with Gasteiger partial charge in [-0.2, -0.15) is 4.39 Å². The fraction of sp³-hybridized carbons (Fsp3) is 0.538. The van der Waals surface area contributed by atoms with Gasteiger partial charge in [0.05, 0.1) is 9.82 Å². The number of nitro groups is 1. The molecule has 0 aliphatic carbocycles. The summed E-state index contributed by atoms with van der Waals surface area (Å²) in [6, 6.07) is 1.84. The second-order valence-electron chi connectivity index (χ2n) is 4.86. The topological polar surface area (TPSA) is 89.3 Å². The predicted molar refractivity (Wildman–Crippen MR) is 77.1 cm³/mol. The Morgan fingerprint density at radius 1 is 1.33 bits per heavy atom. The molecule has 1 aromatic rings. The highest BCUT2D eigenvalue weighted by molar-refractivity contribution is 7.89. The van der Waals surface area contributed by atoms with E-state index in [9.17, 15) is 22.9 Å². The van der Waals surface area contributed by atoms with Crippen LogP contribution in [0.1, 0.15) is 32.3 Å². The van der Waals surface area contributed by atoms with Gasteiger partial charge in [0.2, 0.25) is 15.8 Å². The van der Waals surface area contributed by atoms with E-state index in [-0.39, 0.29) is 22.9 Å². The van der Waals surface area contributed by atoms with Gasteiger partial charge >= 0.3 is 5.69 Å². The zero-order valence-electron chi connectivity index (χ0n) is 12.2. The number of nitro benzene ring substituents is 1. The molecule has 0 aromatic heterocycles. The quantitative estimate of drug-likeness (QED) is 0.618. The molecule has 1 rings (SSSR count). The van der Waals surface area contributed by atoms with Crippen LogP contribution in [0.2, 0.25) is 0 Å². The molecule has 0 amide bonds. The highest BCUT2D eigenvalue weighted by Gasteiger charge is 2.24. The normalized spacial score (nSPS) is 11.9. The minimum absolute atomic E-state index is 0.0768. The van der Waals surface area contributed by atoms with Gasteiger partial charge in [-0.1, -0.05) is 26.7 Å². The van der Waals surface area contributed by atoms with Crippen LogP contribution in [0.3, 0.4) is 0 Å². The number of nitrogens with one attached hydrogen (secondary N) is 1. The minimum atomic E-state index is -3.89. The molecule has 0 unspecified atom stereocenters. The Morgan fingerprint density at radius 2 is 1.90 bits per heavy atom. The van der Waals surface area contributed by atoms with Crippen LogP contribution in [0.5, 0.6) is 0 Å².